The molecule has 4 rings (SSSR count). The third-order valence-corrected chi connectivity index (χ3v) is 8.07. The first-order chi connectivity index (χ1) is 20.1. The van der Waals surface area contributed by atoms with Crippen LogP contribution in [0.2, 0.25) is 15.1 Å². The molecule has 0 aromatic heterocycles. The van der Waals surface area contributed by atoms with Gasteiger partial charge in [-0.1, -0.05) is 71.2 Å². The summed E-state index contributed by atoms with van der Waals surface area (Å²) in [6, 6.07) is 25.8. The highest BCUT2D eigenvalue weighted by Gasteiger charge is 2.18. The number of amides is 3. The Labute approximate surface area is 263 Å². The molecule has 0 saturated carbocycles. The minimum absolute atomic E-state index is 0.0179. The van der Waals surface area contributed by atoms with Crippen molar-refractivity contribution in [2.75, 3.05) is 10.6 Å². The molecule has 1 atom stereocenters. The third kappa shape index (κ3) is 8.63. The van der Waals surface area contributed by atoms with Crippen molar-refractivity contribution >= 4 is 81.7 Å². The molecule has 4 aromatic rings. The van der Waals surface area contributed by atoms with Crippen LogP contribution in [-0.4, -0.2) is 23.0 Å². The summed E-state index contributed by atoms with van der Waals surface area (Å²) in [6.07, 6.45) is 1.48. The number of aryl methyl sites for hydroxylation is 1. The Balaban J connectivity index is 1.49. The largest absolute Gasteiger partial charge is 0.325 e. The molecule has 0 fully saturated rings. The molecule has 0 aliphatic carbocycles. The molecule has 0 heterocycles. The number of carbonyl (C=O) groups is 3. The van der Waals surface area contributed by atoms with E-state index >= 15 is 0 Å². The van der Waals surface area contributed by atoms with Crippen LogP contribution in [-0.2, 0) is 9.59 Å². The van der Waals surface area contributed by atoms with Crippen LogP contribution in [0.1, 0.15) is 28.4 Å². The Kier molecular flexibility index (Phi) is 10.7. The number of carbonyl (C=O) groups excluding carboxylic acids is 3. The van der Waals surface area contributed by atoms with E-state index < -0.39 is 17.1 Å². The molecule has 0 aliphatic heterocycles. The molecule has 4 aromatic carbocycles. The van der Waals surface area contributed by atoms with Crippen LogP contribution in [0.15, 0.2) is 102 Å². The summed E-state index contributed by atoms with van der Waals surface area (Å²) in [5.74, 6) is -1.21. The minimum atomic E-state index is -0.561. The van der Waals surface area contributed by atoms with Crippen molar-refractivity contribution in [3.63, 3.8) is 0 Å². The topological polar surface area (TPSA) is 87.3 Å². The zero-order valence-corrected chi connectivity index (χ0v) is 25.7. The zero-order valence-electron chi connectivity index (χ0n) is 22.6. The fourth-order valence-corrected chi connectivity index (χ4v) is 5.30. The number of anilines is 2. The predicted octanol–water partition coefficient (Wildman–Crippen LogP) is 8.48. The predicted molar refractivity (Wildman–Crippen MR) is 174 cm³/mol. The maximum Gasteiger partial charge on any atom is 0.272 e. The van der Waals surface area contributed by atoms with Crippen LogP contribution in [0, 0.1) is 6.92 Å². The quantitative estimate of drug-likeness (QED) is 0.127. The second kappa shape index (κ2) is 14.4. The van der Waals surface area contributed by atoms with E-state index in [1.54, 1.807) is 85.8 Å². The molecule has 0 bridgehead atoms. The Morgan fingerprint density at radius 2 is 1.52 bits per heavy atom. The molecule has 3 amide bonds. The van der Waals surface area contributed by atoms with E-state index in [9.17, 15) is 14.4 Å². The molecular formula is C32H26Cl3N3O3S. The average Bonchev–Trinajstić information content (AvgIpc) is 2.96. The second-order valence-corrected chi connectivity index (χ2v) is 11.9. The van der Waals surface area contributed by atoms with Gasteiger partial charge in [0.1, 0.15) is 5.70 Å². The smallest absolute Gasteiger partial charge is 0.272 e. The lowest BCUT2D eigenvalue weighted by Gasteiger charge is -2.14. The Hall–Kier alpha value is -3.75. The molecule has 0 spiro atoms. The summed E-state index contributed by atoms with van der Waals surface area (Å²) in [5.41, 5.74) is 2.88. The van der Waals surface area contributed by atoms with Gasteiger partial charge in [-0.25, -0.2) is 0 Å². The molecule has 42 heavy (non-hydrogen) atoms. The van der Waals surface area contributed by atoms with Crippen LogP contribution in [0.25, 0.3) is 6.08 Å². The highest BCUT2D eigenvalue weighted by atomic mass is 35.5. The second-order valence-electron chi connectivity index (χ2n) is 9.24. The first kappa shape index (κ1) is 31.2. The lowest BCUT2D eigenvalue weighted by Crippen LogP contribution is -2.30. The summed E-state index contributed by atoms with van der Waals surface area (Å²) in [6.45, 7) is 3.68. The Bertz CT molecular complexity index is 1660. The van der Waals surface area contributed by atoms with E-state index in [-0.39, 0.29) is 11.6 Å². The Morgan fingerprint density at radius 3 is 2.24 bits per heavy atom. The van der Waals surface area contributed by atoms with Gasteiger partial charge in [0, 0.05) is 36.9 Å². The molecule has 0 radical (unpaired) electrons. The van der Waals surface area contributed by atoms with Crippen molar-refractivity contribution in [3.8, 4) is 0 Å². The number of hydrogen-bond donors (Lipinski definition) is 3. The van der Waals surface area contributed by atoms with Gasteiger partial charge >= 0.3 is 0 Å². The van der Waals surface area contributed by atoms with Crippen LogP contribution in [0.5, 0.6) is 0 Å². The monoisotopic (exact) mass is 637 g/mol. The van der Waals surface area contributed by atoms with E-state index in [0.717, 1.165) is 10.5 Å². The number of rotatable bonds is 9. The van der Waals surface area contributed by atoms with E-state index in [4.69, 9.17) is 34.8 Å². The molecule has 6 nitrogen and oxygen atoms in total. The van der Waals surface area contributed by atoms with Gasteiger partial charge in [0.25, 0.3) is 11.8 Å². The number of hydrogen-bond acceptors (Lipinski definition) is 4. The van der Waals surface area contributed by atoms with Gasteiger partial charge in [-0.05, 0) is 85.6 Å². The molecule has 10 heteroatoms. The van der Waals surface area contributed by atoms with Crippen molar-refractivity contribution in [2.45, 2.75) is 24.0 Å². The van der Waals surface area contributed by atoms with Crippen molar-refractivity contribution in [3.05, 3.63) is 128 Å². The molecule has 0 aliphatic rings. The standard InChI is InChI=1S/C32H26Cl3N3O3S/c1-19-11-14-25(18-27(19)34)36-30(39)20(2)42-26-10-6-9-24(17-26)37-32(41)29(15-22-12-13-23(33)16-28(22)35)38-31(40)21-7-4-3-5-8-21/h3-18,20H,1-2H3,(H,36,39)(H,37,41)(H,38,40)/b29-15+. The van der Waals surface area contributed by atoms with Crippen LogP contribution in [0.4, 0.5) is 11.4 Å². The maximum absolute atomic E-state index is 13.4. The molecular weight excluding hydrogens is 613 g/mol. The highest BCUT2D eigenvalue weighted by Crippen LogP contribution is 2.28. The van der Waals surface area contributed by atoms with Crippen LogP contribution in [0.3, 0.4) is 0 Å². The summed E-state index contributed by atoms with van der Waals surface area (Å²) in [5, 5.41) is 9.28. The van der Waals surface area contributed by atoms with Gasteiger partial charge < -0.3 is 16.0 Å². The van der Waals surface area contributed by atoms with Crippen LogP contribution < -0.4 is 16.0 Å². The number of benzene rings is 4. The summed E-state index contributed by atoms with van der Waals surface area (Å²) in [4.78, 5) is 39.9. The van der Waals surface area contributed by atoms with Crippen molar-refractivity contribution < 1.29 is 14.4 Å². The van der Waals surface area contributed by atoms with Crippen molar-refractivity contribution in [1.29, 1.82) is 0 Å². The lowest BCUT2D eigenvalue weighted by molar-refractivity contribution is -0.115. The van der Waals surface area contributed by atoms with Gasteiger partial charge in [-0.15, -0.1) is 11.8 Å². The Morgan fingerprint density at radius 1 is 0.786 bits per heavy atom. The van der Waals surface area contributed by atoms with Gasteiger partial charge in [-0.2, -0.15) is 0 Å². The number of halogens is 3. The van der Waals surface area contributed by atoms with E-state index in [1.807, 2.05) is 19.1 Å². The van der Waals surface area contributed by atoms with E-state index in [0.29, 0.717) is 37.6 Å². The first-order valence-corrected chi connectivity index (χ1v) is 14.8. The molecule has 1 unspecified atom stereocenters. The SMILES string of the molecule is Cc1ccc(NC(=O)C(C)Sc2cccc(NC(=O)/C(=C\c3ccc(Cl)cc3Cl)NC(=O)c3ccccc3)c2)cc1Cl. The summed E-state index contributed by atoms with van der Waals surface area (Å²) >= 11 is 19.9. The molecule has 0 saturated heterocycles. The van der Waals surface area contributed by atoms with Gasteiger partial charge in [0.05, 0.1) is 5.25 Å². The minimum Gasteiger partial charge on any atom is -0.325 e. The lowest BCUT2D eigenvalue weighted by atomic mass is 10.1. The fraction of sp³-hybridized carbons (Fsp3) is 0.0938. The van der Waals surface area contributed by atoms with Gasteiger partial charge in [-0.3, -0.25) is 14.4 Å². The molecule has 214 valence electrons. The normalized spacial score (nSPS) is 11.9. The van der Waals surface area contributed by atoms with E-state index in [1.165, 1.54) is 17.8 Å². The average molecular weight is 639 g/mol. The summed E-state index contributed by atoms with van der Waals surface area (Å²) < 4.78 is 0. The van der Waals surface area contributed by atoms with Crippen molar-refractivity contribution in [2.24, 2.45) is 0 Å². The fourth-order valence-electron chi connectivity index (χ4n) is 3.73. The van der Waals surface area contributed by atoms with Gasteiger partial charge in [0.2, 0.25) is 5.91 Å². The third-order valence-electron chi connectivity index (χ3n) is 6.00. The maximum atomic E-state index is 13.4. The molecule has 3 N–H and O–H groups in total. The van der Waals surface area contributed by atoms with E-state index in [2.05, 4.69) is 16.0 Å². The highest BCUT2D eigenvalue weighted by molar-refractivity contribution is 8.00. The zero-order chi connectivity index (χ0) is 30.2. The van der Waals surface area contributed by atoms with Gasteiger partial charge in [0.15, 0.2) is 0 Å². The summed E-state index contributed by atoms with van der Waals surface area (Å²) in [7, 11) is 0. The number of nitrogens with one attached hydrogen (secondary N) is 3. The van der Waals surface area contributed by atoms with Crippen LogP contribution >= 0.6 is 46.6 Å². The van der Waals surface area contributed by atoms with Crippen molar-refractivity contribution in [1.82, 2.24) is 5.32 Å². The first-order valence-electron chi connectivity index (χ1n) is 12.8. The number of thioether (sulfide) groups is 1.